The quantitative estimate of drug-likeness (QED) is 0.393. The van der Waals surface area contributed by atoms with E-state index in [0.717, 1.165) is 36.1 Å². The molecule has 1 aliphatic carbocycles. The van der Waals surface area contributed by atoms with Crippen molar-refractivity contribution >= 4 is 17.6 Å². The maximum Gasteiger partial charge on any atom is 0.227 e. The van der Waals surface area contributed by atoms with Gasteiger partial charge in [0.2, 0.25) is 5.91 Å². The van der Waals surface area contributed by atoms with Gasteiger partial charge in [0.25, 0.3) is 0 Å². The van der Waals surface area contributed by atoms with Gasteiger partial charge in [-0.15, -0.1) is 0 Å². The third kappa shape index (κ3) is 5.82. The van der Waals surface area contributed by atoms with Crippen LogP contribution in [0.2, 0.25) is 0 Å². The zero-order chi connectivity index (χ0) is 21.6. The number of rotatable bonds is 8. The van der Waals surface area contributed by atoms with Crippen LogP contribution in [0.4, 0.5) is 5.69 Å². The second-order valence-corrected chi connectivity index (χ2v) is 8.04. The van der Waals surface area contributed by atoms with Crippen molar-refractivity contribution in [2.75, 3.05) is 18.4 Å². The number of nitrogens with one attached hydrogen (secondary N) is 3. The number of aromatic nitrogens is 2. The summed E-state index contributed by atoms with van der Waals surface area (Å²) < 4.78 is 1.67. The number of anilines is 1. The SMILES string of the molecule is CCNC(=NCc1cccc(NC(=O)C2CCC2)c1)NCC(C)(O)c1cnn(C)c1. The van der Waals surface area contributed by atoms with E-state index in [1.807, 2.05) is 38.2 Å². The van der Waals surface area contributed by atoms with Crippen molar-refractivity contribution in [2.24, 2.45) is 18.0 Å². The Bertz CT molecular complexity index is 885. The second-order valence-electron chi connectivity index (χ2n) is 8.04. The van der Waals surface area contributed by atoms with Crippen LogP contribution in [-0.4, -0.2) is 39.8 Å². The number of hydrogen-bond donors (Lipinski definition) is 4. The van der Waals surface area contributed by atoms with Gasteiger partial charge in [0.15, 0.2) is 5.96 Å². The lowest BCUT2D eigenvalue weighted by atomic mass is 9.85. The summed E-state index contributed by atoms with van der Waals surface area (Å²) in [7, 11) is 1.82. The maximum atomic E-state index is 12.2. The largest absolute Gasteiger partial charge is 0.383 e. The molecule has 8 nitrogen and oxygen atoms in total. The number of benzene rings is 1. The van der Waals surface area contributed by atoms with Crippen LogP contribution in [-0.2, 0) is 24.0 Å². The van der Waals surface area contributed by atoms with Crippen molar-refractivity contribution in [3.05, 3.63) is 47.8 Å². The van der Waals surface area contributed by atoms with E-state index in [0.29, 0.717) is 25.6 Å². The number of amides is 1. The normalized spacial score (nSPS) is 16.5. The van der Waals surface area contributed by atoms with Gasteiger partial charge in [-0.1, -0.05) is 18.6 Å². The summed E-state index contributed by atoms with van der Waals surface area (Å²) in [6.45, 7) is 5.19. The molecule has 1 fully saturated rings. The van der Waals surface area contributed by atoms with Crippen molar-refractivity contribution in [1.82, 2.24) is 20.4 Å². The molecule has 1 aromatic carbocycles. The molecule has 1 aromatic heterocycles. The lowest BCUT2D eigenvalue weighted by Gasteiger charge is -2.24. The van der Waals surface area contributed by atoms with Crippen molar-refractivity contribution in [2.45, 2.75) is 45.3 Å². The standard InChI is InChI=1S/C22H32N6O2/c1-4-23-21(25-15-22(2,30)18-13-26-28(3)14-18)24-12-16-7-5-10-19(11-16)27-20(29)17-8-6-9-17/h5,7,10-11,13-14,17,30H,4,6,8-9,12,15H2,1-3H3,(H,27,29)(H2,23,24,25). The molecule has 2 aromatic rings. The molecule has 0 saturated heterocycles. The molecule has 0 aliphatic heterocycles. The number of aryl methyl sites for hydroxylation is 1. The Morgan fingerprint density at radius 3 is 2.80 bits per heavy atom. The van der Waals surface area contributed by atoms with E-state index in [9.17, 15) is 9.90 Å². The Labute approximate surface area is 177 Å². The van der Waals surface area contributed by atoms with Gasteiger partial charge < -0.3 is 21.1 Å². The number of carbonyl (C=O) groups excluding carboxylic acids is 1. The third-order valence-electron chi connectivity index (χ3n) is 5.36. The average molecular weight is 413 g/mol. The van der Waals surface area contributed by atoms with Gasteiger partial charge in [-0.3, -0.25) is 9.48 Å². The Hall–Kier alpha value is -2.87. The fourth-order valence-corrected chi connectivity index (χ4v) is 3.23. The van der Waals surface area contributed by atoms with Crippen molar-refractivity contribution in [3.63, 3.8) is 0 Å². The zero-order valence-corrected chi connectivity index (χ0v) is 18.0. The van der Waals surface area contributed by atoms with Crippen LogP contribution in [0.3, 0.4) is 0 Å². The van der Waals surface area contributed by atoms with Crippen molar-refractivity contribution < 1.29 is 9.90 Å². The molecule has 0 spiro atoms. The predicted molar refractivity (Wildman–Crippen MR) is 118 cm³/mol. The number of aliphatic hydroxyl groups is 1. The van der Waals surface area contributed by atoms with Gasteiger partial charge in [0.1, 0.15) is 5.60 Å². The monoisotopic (exact) mass is 412 g/mol. The predicted octanol–water partition coefficient (Wildman–Crippen LogP) is 2.12. The van der Waals surface area contributed by atoms with E-state index in [4.69, 9.17) is 0 Å². The Morgan fingerprint density at radius 2 is 2.17 bits per heavy atom. The number of guanidine groups is 1. The number of hydrogen-bond acceptors (Lipinski definition) is 4. The van der Waals surface area contributed by atoms with Gasteiger partial charge in [0, 0.05) is 37.0 Å². The molecule has 8 heteroatoms. The van der Waals surface area contributed by atoms with Crippen LogP contribution in [0.5, 0.6) is 0 Å². The minimum absolute atomic E-state index is 0.106. The van der Waals surface area contributed by atoms with Crippen LogP contribution < -0.4 is 16.0 Å². The zero-order valence-electron chi connectivity index (χ0n) is 18.0. The van der Waals surface area contributed by atoms with Gasteiger partial charge in [-0.25, -0.2) is 4.99 Å². The van der Waals surface area contributed by atoms with Gasteiger partial charge >= 0.3 is 0 Å². The highest BCUT2D eigenvalue weighted by atomic mass is 16.3. The molecule has 1 aliphatic rings. The van der Waals surface area contributed by atoms with Crippen LogP contribution >= 0.6 is 0 Å². The van der Waals surface area contributed by atoms with E-state index in [2.05, 4.69) is 26.0 Å². The van der Waals surface area contributed by atoms with Crippen LogP contribution in [0.15, 0.2) is 41.7 Å². The summed E-state index contributed by atoms with van der Waals surface area (Å²) in [6, 6.07) is 7.76. The Kier molecular flexibility index (Phi) is 7.10. The lowest BCUT2D eigenvalue weighted by molar-refractivity contribution is -0.122. The van der Waals surface area contributed by atoms with Gasteiger partial charge in [-0.05, 0) is 44.4 Å². The highest BCUT2D eigenvalue weighted by Crippen LogP contribution is 2.27. The summed E-state index contributed by atoms with van der Waals surface area (Å²) in [4.78, 5) is 16.8. The highest BCUT2D eigenvalue weighted by Gasteiger charge is 2.26. The van der Waals surface area contributed by atoms with E-state index in [1.54, 1.807) is 24.0 Å². The molecule has 1 amide bonds. The molecule has 1 unspecified atom stereocenters. The van der Waals surface area contributed by atoms with E-state index < -0.39 is 5.60 Å². The molecule has 1 heterocycles. The summed E-state index contributed by atoms with van der Waals surface area (Å²) in [6.07, 6.45) is 6.57. The van der Waals surface area contributed by atoms with Crippen LogP contribution in [0.25, 0.3) is 0 Å². The van der Waals surface area contributed by atoms with E-state index in [-0.39, 0.29) is 11.8 Å². The third-order valence-corrected chi connectivity index (χ3v) is 5.36. The average Bonchev–Trinajstić information content (AvgIpc) is 3.10. The summed E-state index contributed by atoms with van der Waals surface area (Å²) in [5.41, 5.74) is 1.47. The lowest BCUT2D eigenvalue weighted by Crippen LogP contribution is -2.44. The van der Waals surface area contributed by atoms with Crippen molar-refractivity contribution in [3.8, 4) is 0 Å². The van der Waals surface area contributed by atoms with Crippen LogP contribution in [0.1, 0.15) is 44.2 Å². The molecule has 1 saturated carbocycles. The topological polar surface area (TPSA) is 104 Å². The number of carbonyl (C=O) groups is 1. The van der Waals surface area contributed by atoms with Gasteiger partial charge in [-0.2, -0.15) is 5.10 Å². The Morgan fingerprint density at radius 1 is 1.37 bits per heavy atom. The van der Waals surface area contributed by atoms with Crippen LogP contribution in [0, 0.1) is 5.92 Å². The smallest absolute Gasteiger partial charge is 0.227 e. The molecule has 162 valence electrons. The fraction of sp³-hybridized carbons (Fsp3) is 0.500. The summed E-state index contributed by atoms with van der Waals surface area (Å²) in [5.74, 6) is 0.879. The summed E-state index contributed by atoms with van der Waals surface area (Å²) in [5, 5.41) is 24.3. The van der Waals surface area contributed by atoms with E-state index >= 15 is 0 Å². The molecular formula is C22H32N6O2. The molecular weight excluding hydrogens is 380 g/mol. The molecule has 4 N–H and O–H groups in total. The minimum atomic E-state index is -1.07. The fourth-order valence-electron chi connectivity index (χ4n) is 3.23. The minimum Gasteiger partial charge on any atom is -0.383 e. The first kappa shape index (κ1) is 21.8. The first-order chi connectivity index (χ1) is 14.4. The number of aliphatic imine (C=N–C) groups is 1. The van der Waals surface area contributed by atoms with Crippen molar-refractivity contribution in [1.29, 1.82) is 0 Å². The first-order valence-electron chi connectivity index (χ1n) is 10.5. The van der Waals surface area contributed by atoms with E-state index in [1.165, 1.54) is 0 Å². The molecule has 30 heavy (non-hydrogen) atoms. The molecule has 0 radical (unpaired) electrons. The maximum absolute atomic E-state index is 12.2. The Balaban J connectivity index is 1.60. The first-order valence-corrected chi connectivity index (χ1v) is 10.5. The molecule has 1 atom stereocenters. The molecule has 3 rings (SSSR count). The molecule has 0 bridgehead atoms. The summed E-state index contributed by atoms with van der Waals surface area (Å²) >= 11 is 0. The second kappa shape index (κ2) is 9.75. The highest BCUT2D eigenvalue weighted by molar-refractivity contribution is 5.93. The number of nitrogens with zero attached hydrogens (tertiary/aromatic N) is 3. The van der Waals surface area contributed by atoms with Gasteiger partial charge in [0.05, 0.1) is 19.3 Å².